The maximum atomic E-state index is 3.41. The molecule has 1 aliphatic rings. The molecule has 1 aliphatic heterocycles. The second-order valence-electron chi connectivity index (χ2n) is 5.61. The summed E-state index contributed by atoms with van der Waals surface area (Å²) in [5, 5.41) is 0. The van der Waals surface area contributed by atoms with E-state index in [4.69, 9.17) is 0 Å². The molecule has 17 heavy (non-hydrogen) atoms. The topological polar surface area (TPSA) is 0 Å². The zero-order valence-corrected chi connectivity index (χ0v) is 18.5. The van der Waals surface area contributed by atoms with Gasteiger partial charge in [-0.25, -0.2) is 0 Å². The van der Waals surface area contributed by atoms with E-state index in [9.17, 15) is 0 Å². The van der Waals surface area contributed by atoms with Gasteiger partial charge in [-0.1, -0.05) is 0 Å². The Balaban J connectivity index is 2.77. The molecule has 1 rings (SSSR count). The molecule has 0 aliphatic carbocycles. The first-order valence-corrected chi connectivity index (χ1v) is 19.5. The van der Waals surface area contributed by atoms with Crippen molar-refractivity contribution in [3.05, 3.63) is 0 Å². The quantitative estimate of drug-likeness (QED) is 0.460. The molecule has 1 fully saturated rings. The van der Waals surface area contributed by atoms with Crippen LogP contribution in [0.1, 0.15) is 46.0 Å². The minimum atomic E-state index is -1.54. The molecule has 0 aromatic carbocycles. The summed E-state index contributed by atoms with van der Waals surface area (Å²) < 4.78 is 0. The van der Waals surface area contributed by atoms with Crippen LogP contribution in [0.3, 0.4) is 0 Å². The first-order chi connectivity index (χ1) is 7.84. The van der Waals surface area contributed by atoms with E-state index in [0.717, 1.165) is 19.5 Å². The van der Waals surface area contributed by atoms with Crippen LogP contribution in [0.2, 0.25) is 0 Å². The maximum absolute atomic E-state index is 3.41. The molecule has 0 aromatic rings. The van der Waals surface area contributed by atoms with Gasteiger partial charge in [-0.05, 0) is 0 Å². The Morgan fingerprint density at radius 3 is 2.65 bits per heavy atom. The molecular formula is C10H29P7. The summed E-state index contributed by atoms with van der Waals surface area (Å²) in [4.78, 5) is 0. The molecule has 104 valence electrons. The van der Waals surface area contributed by atoms with Crippen LogP contribution >= 0.6 is 56.3 Å². The first-order valence-electron chi connectivity index (χ1n) is 6.48. The summed E-state index contributed by atoms with van der Waals surface area (Å²) in [6.07, 6.45) is 8.69. The van der Waals surface area contributed by atoms with Crippen LogP contribution in [0, 0.1) is 5.92 Å². The van der Waals surface area contributed by atoms with E-state index in [-0.39, 0.29) is 6.99 Å². The fourth-order valence-corrected chi connectivity index (χ4v) is 39.1. The van der Waals surface area contributed by atoms with Gasteiger partial charge >= 0.3 is 120 Å². The van der Waals surface area contributed by atoms with Gasteiger partial charge in [0, 0.05) is 0 Å². The monoisotopic (exact) mass is 366 g/mol. The summed E-state index contributed by atoms with van der Waals surface area (Å²) in [5.74, 6) is 0.923. The van der Waals surface area contributed by atoms with Crippen LogP contribution in [0.5, 0.6) is 0 Å². The normalized spacial score (nSPS) is 33.3. The molecule has 8 unspecified atom stereocenters. The van der Waals surface area contributed by atoms with Crippen LogP contribution in [-0.4, -0.2) is 11.8 Å². The third-order valence-electron chi connectivity index (χ3n) is 4.14. The molecule has 0 amide bonds. The summed E-state index contributed by atoms with van der Waals surface area (Å²) in [5.41, 5.74) is -0.529. The van der Waals surface area contributed by atoms with Crippen LogP contribution in [0.15, 0.2) is 0 Å². The predicted octanol–water partition coefficient (Wildman–Crippen LogP) is 6.68. The van der Waals surface area contributed by atoms with Gasteiger partial charge in [0.15, 0.2) is 0 Å². The molecule has 8 atom stereocenters. The van der Waals surface area contributed by atoms with Gasteiger partial charge in [-0.2, -0.15) is 0 Å². The minimum absolute atomic E-state index is 0.141. The Morgan fingerprint density at radius 2 is 2.12 bits per heavy atom. The van der Waals surface area contributed by atoms with E-state index in [2.05, 4.69) is 49.6 Å². The fraction of sp³-hybridized carbons (Fsp3) is 1.00. The average molecular weight is 366 g/mol. The molecule has 0 bridgehead atoms. The second kappa shape index (κ2) is 7.33. The molecule has 7 heteroatoms. The average Bonchev–Trinajstić information content (AvgIpc) is 2.56. The van der Waals surface area contributed by atoms with E-state index >= 15 is 0 Å². The Hall–Kier alpha value is 3.01. The Labute approximate surface area is 120 Å². The third-order valence-corrected chi connectivity index (χ3v) is 50.9. The third kappa shape index (κ3) is 4.24. The number of hydrogen-bond donors (Lipinski definition) is 0. The standard InChI is InChI=1S/C10H29P7/c1-3-5-9(2)8-10-6-4-7-17(10,13,14)16(12)15-11/h9-10,15H,3-8,11-14H2,1-2H3. The van der Waals surface area contributed by atoms with Crippen molar-refractivity contribution in [3.63, 3.8) is 0 Å². The van der Waals surface area contributed by atoms with Crippen molar-refractivity contribution in [3.8, 4) is 0 Å². The van der Waals surface area contributed by atoms with E-state index < -0.39 is 5.67 Å². The number of rotatable bonds is 6. The molecule has 0 nitrogen and oxygen atoms in total. The SMILES string of the molecule is CCCC(C)CC1CCCP1(P)(P)P(P)PP. The van der Waals surface area contributed by atoms with E-state index in [0.29, 0.717) is 0 Å². The van der Waals surface area contributed by atoms with Gasteiger partial charge in [0.2, 0.25) is 0 Å². The first kappa shape index (κ1) is 18.1. The van der Waals surface area contributed by atoms with Crippen molar-refractivity contribution < 1.29 is 0 Å². The van der Waals surface area contributed by atoms with Gasteiger partial charge in [0.1, 0.15) is 0 Å². The zero-order chi connectivity index (χ0) is 13.1. The van der Waals surface area contributed by atoms with Gasteiger partial charge in [-0.15, -0.1) is 0 Å². The van der Waals surface area contributed by atoms with Crippen LogP contribution in [-0.2, 0) is 0 Å². The zero-order valence-electron chi connectivity index (χ0n) is 11.1. The molecule has 1 saturated heterocycles. The van der Waals surface area contributed by atoms with E-state index in [1.54, 1.807) is 0 Å². The van der Waals surface area contributed by atoms with Gasteiger partial charge in [0.05, 0.1) is 0 Å². The van der Waals surface area contributed by atoms with Crippen LogP contribution < -0.4 is 0 Å². The van der Waals surface area contributed by atoms with Crippen molar-refractivity contribution >= 4 is 56.3 Å². The Morgan fingerprint density at radius 1 is 1.47 bits per heavy atom. The summed E-state index contributed by atoms with van der Waals surface area (Å²) in [6.45, 7) is 4.92. The summed E-state index contributed by atoms with van der Waals surface area (Å²) >= 11 is 0. The summed E-state index contributed by atoms with van der Waals surface area (Å²) in [7, 11) is 14.1. The fourth-order valence-electron chi connectivity index (χ4n) is 3.01. The predicted molar refractivity (Wildman–Crippen MR) is 108 cm³/mol. The van der Waals surface area contributed by atoms with Crippen LogP contribution in [0.4, 0.5) is 0 Å². The molecule has 0 N–H and O–H groups in total. The van der Waals surface area contributed by atoms with Crippen molar-refractivity contribution in [1.29, 1.82) is 0 Å². The van der Waals surface area contributed by atoms with E-state index in [1.807, 2.05) is 0 Å². The van der Waals surface area contributed by atoms with Gasteiger partial charge in [-0.3, -0.25) is 0 Å². The summed E-state index contributed by atoms with van der Waals surface area (Å²) in [6, 6.07) is 0. The molecule has 0 radical (unpaired) electrons. The van der Waals surface area contributed by atoms with Crippen molar-refractivity contribution in [2.45, 2.75) is 51.6 Å². The van der Waals surface area contributed by atoms with Gasteiger partial charge in [0.25, 0.3) is 0 Å². The molecule has 0 spiro atoms. The van der Waals surface area contributed by atoms with Crippen molar-refractivity contribution in [2.75, 3.05) is 6.16 Å². The number of hydrogen-bond acceptors (Lipinski definition) is 0. The second-order valence-corrected chi connectivity index (χ2v) is 36.7. The molecule has 0 saturated carbocycles. The molecule has 1 heterocycles. The van der Waals surface area contributed by atoms with E-state index in [1.165, 1.54) is 38.3 Å². The van der Waals surface area contributed by atoms with Gasteiger partial charge < -0.3 is 0 Å². The van der Waals surface area contributed by atoms with Crippen LogP contribution in [0.25, 0.3) is 0 Å². The molecular weight excluding hydrogens is 337 g/mol. The van der Waals surface area contributed by atoms with Crippen molar-refractivity contribution in [1.82, 2.24) is 0 Å². The Bertz CT molecular complexity index is 255. The van der Waals surface area contributed by atoms with Crippen molar-refractivity contribution in [2.24, 2.45) is 5.92 Å². The Kier molecular flexibility index (Phi) is 7.78. The molecule has 0 aromatic heterocycles.